The van der Waals surface area contributed by atoms with Gasteiger partial charge in [0.25, 0.3) is 0 Å². The van der Waals surface area contributed by atoms with Gasteiger partial charge in [-0.2, -0.15) is 0 Å². The van der Waals surface area contributed by atoms with Gasteiger partial charge in [-0.3, -0.25) is 4.79 Å². The smallest absolute Gasteiger partial charge is 0.309 e. The molecule has 1 fully saturated rings. The minimum atomic E-state index is -0.621. The van der Waals surface area contributed by atoms with Gasteiger partial charge >= 0.3 is 5.97 Å². The molecule has 0 aromatic rings. The quantitative estimate of drug-likeness (QED) is 0.785. The molecule has 16 heavy (non-hydrogen) atoms. The largest absolute Gasteiger partial charge is 0.481 e. The summed E-state index contributed by atoms with van der Waals surface area (Å²) in [4.78, 5) is 13.6. The fourth-order valence-electron chi connectivity index (χ4n) is 2.70. The zero-order valence-corrected chi connectivity index (χ0v) is 10.8. The molecule has 0 amide bonds. The third kappa shape index (κ3) is 2.97. The topological polar surface area (TPSA) is 40.5 Å². The van der Waals surface area contributed by atoms with E-state index < -0.39 is 11.4 Å². The van der Waals surface area contributed by atoms with E-state index in [1.54, 1.807) is 0 Å². The van der Waals surface area contributed by atoms with Gasteiger partial charge in [0.15, 0.2) is 0 Å². The van der Waals surface area contributed by atoms with Crippen molar-refractivity contribution >= 4 is 5.97 Å². The molecule has 0 bridgehead atoms. The number of nitrogens with zero attached hydrogens (tertiary/aromatic N) is 1. The van der Waals surface area contributed by atoms with Crippen molar-refractivity contribution in [3.63, 3.8) is 0 Å². The highest BCUT2D eigenvalue weighted by atomic mass is 16.4. The van der Waals surface area contributed by atoms with E-state index in [4.69, 9.17) is 5.11 Å². The molecule has 0 unspecified atom stereocenters. The molecule has 1 rings (SSSR count). The summed E-state index contributed by atoms with van der Waals surface area (Å²) in [5.74, 6) is -0.621. The van der Waals surface area contributed by atoms with E-state index >= 15 is 0 Å². The third-order valence-corrected chi connectivity index (χ3v) is 4.01. The molecule has 1 N–H and O–H groups in total. The summed E-state index contributed by atoms with van der Waals surface area (Å²) < 4.78 is 0. The van der Waals surface area contributed by atoms with Crippen LogP contribution in [0.2, 0.25) is 0 Å². The molecule has 3 nitrogen and oxygen atoms in total. The van der Waals surface area contributed by atoms with Crippen LogP contribution in [0.25, 0.3) is 0 Å². The summed E-state index contributed by atoms with van der Waals surface area (Å²) in [5, 5.41) is 9.17. The summed E-state index contributed by atoms with van der Waals surface area (Å²) in [6.45, 7) is 8.52. The van der Waals surface area contributed by atoms with Gasteiger partial charge in [-0.05, 0) is 52.1 Å². The van der Waals surface area contributed by atoms with Gasteiger partial charge < -0.3 is 10.0 Å². The molecule has 1 saturated carbocycles. The standard InChI is InChI=1S/C13H25NO2/c1-4-10-14(5-2)11-6-8-13(3,9-7-11)12(15)16/h11H,4-10H2,1-3H3,(H,15,16). The molecule has 3 heteroatoms. The van der Waals surface area contributed by atoms with E-state index in [0.29, 0.717) is 6.04 Å². The lowest BCUT2D eigenvalue weighted by molar-refractivity contribution is -0.150. The van der Waals surface area contributed by atoms with Crippen LogP contribution in [0, 0.1) is 5.41 Å². The highest BCUT2D eigenvalue weighted by Gasteiger charge is 2.38. The molecule has 1 aliphatic rings. The Balaban J connectivity index is 2.50. The number of carbonyl (C=O) groups is 1. The lowest BCUT2D eigenvalue weighted by atomic mass is 9.73. The molecule has 0 aliphatic heterocycles. The summed E-state index contributed by atoms with van der Waals surface area (Å²) in [5.41, 5.74) is -0.470. The van der Waals surface area contributed by atoms with Crippen molar-refractivity contribution in [2.75, 3.05) is 13.1 Å². The van der Waals surface area contributed by atoms with Crippen molar-refractivity contribution in [3.05, 3.63) is 0 Å². The minimum Gasteiger partial charge on any atom is -0.481 e. The van der Waals surface area contributed by atoms with Gasteiger partial charge in [-0.1, -0.05) is 13.8 Å². The minimum absolute atomic E-state index is 0.470. The van der Waals surface area contributed by atoms with Gasteiger partial charge in [0.2, 0.25) is 0 Å². The van der Waals surface area contributed by atoms with Crippen molar-refractivity contribution < 1.29 is 9.90 Å². The summed E-state index contributed by atoms with van der Waals surface area (Å²) in [7, 11) is 0. The van der Waals surface area contributed by atoms with Crippen LogP contribution in [0.4, 0.5) is 0 Å². The Hall–Kier alpha value is -0.570. The Morgan fingerprint density at radius 2 is 1.94 bits per heavy atom. The maximum Gasteiger partial charge on any atom is 0.309 e. The van der Waals surface area contributed by atoms with Gasteiger partial charge in [0.05, 0.1) is 5.41 Å². The van der Waals surface area contributed by atoms with Crippen molar-refractivity contribution in [1.82, 2.24) is 4.90 Å². The fraction of sp³-hybridized carbons (Fsp3) is 0.923. The normalized spacial score (nSPS) is 30.6. The molecular formula is C13H25NO2. The fourth-order valence-corrected chi connectivity index (χ4v) is 2.70. The Kier molecular flexibility index (Phi) is 4.78. The zero-order valence-electron chi connectivity index (χ0n) is 10.8. The highest BCUT2D eigenvalue weighted by molar-refractivity contribution is 5.74. The van der Waals surface area contributed by atoms with Crippen LogP contribution in [0.1, 0.15) is 52.9 Å². The van der Waals surface area contributed by atoms with Crippen molar-refractivity contribution in [2.24, 2.45) is 5.41 Å². The maximum absolute atomic E-state index is 11.1. The van der Waals surface area contributed by atoms with Gasteiger partial charge in [0, 0.05) is 6.04 Å². The van der Waals surface area contributed by atoms with Crippen LogP contribution in [0.5, 0.6) is 0 Å². The molecular weight excluding hydrogens is 202 g/mol. The molecule has 94 valence electrons. The van der Waals surface area contributed by atoms with Crippen LogP contribution < -0.4 is 0 Å². The number of carboxylic acid groups (broad SMARTS) is 1. The predicted octanol–water partition coefficient (Wildman–Crippen LogP) is 2.75. The second-order valence-electron chi connectivity index (χ2n) is 5.23. The highest BCUT2D eigenvalue weighted by Crippen LogP contribution is 2.37. The zero-order chi connectivity index (χ0) is 12.2. The van der Waals surface area contributed by atoms with Crippen LogP contribution in [0.15, 0.2) is 0 Å². The lowest BCUT2D eigenvalue weighted by Crippen LogP contribution is -2.42. The van der Waals surface area contributed by atoms with E-state index in [-0.39, 0.29) is 0 Å². The van der Waals surface area contributed by atoms with Crippen molar-refractivity contribution in [1.29, 1.82) is 0 Å². The predicted molar refractivity (Wildman–Crippen MR) is 65.5 cm³/mol. The number of carboxylic acids is 1. The second kappa shape index (κ2) is 5.67. The average Bonchev–Trinajstić information content (AvgIpc) is 2.27. The second-order valence-corrected chi connectivity index (χ2v) is 5.23. The first-order chi connectivity index (χ1) is 7.53. The first-order valence-electron chi connectivity index (χ1n) is 6.51. The molecule has 0 atom stereocenters. The number of hydrogen-bond donors (Lipinski definition) is 1. The van der Waals surface area contributed by atoms with Gasteiger partial charge in [0.1, 0.15) is 0 Å². The van der Waals surface area contributed by atoms with Crippen LogP contribution in [-0.4, -0.2) is 35.1 Å². The Morgan fingerprint density at radius 3 is 2.31 bits per heavy atom. The molecule has 0 radical (unpaired) electrons. The number of aliphatic carboxylic acids is 1. The molecule has 0 saturated heterocycles. The van der Waals surface area contributed by atoms with Crippen LogP contribution in [0.3, 0.4) is 0 Å². The summed E-state index contributed by atoms with van der Waals surface area (Å²) >= 11 is 0. The molecule has 0 heterocycles. The molecule has 0 aromatic carbocycles. The SMILES string of the molecule is CCCN(CC)C1CCC(C)(C(=O)O)CC1. The average molecular weight is 227 g/mol. The molecule has 0 spiro atoms. The maximum atomic E-state index is 11.1. The Labute approximate surface area is 98.8 Å². The number of rotatable bonds is 5. The Bertz CT molecular complexity index is 232. The molecule has 1 aliphatic carbocycles. The van der Waals surface area contributed by atoms with Crippen LogP contribution >= 0.6 is 0 Å². The van der Waals surface area contributed by atoms with Crippen molar-refractivity contribution in [2.45, 2.75) is 58.9 Å². The van der Waals surface area contributed by atoms with E-state index in [0.717, 1.165) is 38.8 Å². The molecule has 0 aromatic heterocycles. The van der Waals surface area contributed by atoms with E-state index in [1.807, 2.05) is 6.92 Å². The first-order valence-corrected chi connectivity index (χ1v) is 6.51. The number of hydrogen-bond acceptors (Lipinski definition) is 2. The summed E-state index contributed by atoms with van der Waals surface area (Å²) in [6, 6.07) is 0.609. The monoisotopic (exact) mass is 227 g/mol. The van der Waals surface area contributed by atoms with Gasteiger partial charge in [-0.25, -0.2) is 0 Å². The first kappa shape index (κ1) is 13.5. The third-order valence-electron chi connectivity index (χ3n) is 4.01. The Morgan fingerprint density at radius 1 is 1.38 bits per heavy atom. The van der Waals surface area contributed by atoms with Gasteiger partial charge in [-0.15, -0.1) is 0 Å². The summed E-state index contributed by atoms with van der Waals surface area (Å²) in [6.07, 6.45) is 4.91. The van der Waals surface area contributed by atoms with E-state index in [2.05, 4.69) is 18.7 Å². The van der Waals surface area contributed by atoms with Crippen molar-refractivity contribution in [3.8, 4) is 0 Å². The van der Waals surface area contributed by atoms with E-state index in [9.17, 15) is 4.79 Å². The van der Waals surface area contributed by atoms with Crippen LogP contribution in [-0.2, 0) is 4.79 Å². The lowest BCUT2D eigenvalue weighted by Gasteiger charge is -2.39. The van der Waals surface area contributed by atoms with E-state index in [1.165, 1.54) is 6.42 Å².